The van der Waals surface area contributed by atoms with Crippen LogP contribution in [-0.4, -0.2) is 42.0 Å². The monoisotopic (exact) mass is 365 g/mol. The molecule has 1 aliphatic rings. The number of aryl methyl sites for hydroxylation is 1. The van der Waals surface area contributed by atoms with Crippen LogP contribution < -0.4 is 5.32 Å². The molecule has 1 aliphatic heterocycles. The Hall–Kier alpha value is -1.36. The Balaban J connectivity index is 1.70. The van der Waals surface area contributed by atoms with Crippen molar-refractivity contribution >= 4 is 40.0 Å². The number of nitrogens with zero attached hydrogens (tertiary/aromatic N) is 2. The van der Waals surface area contributed by atoms with E-state index in [0.717, 1.165) is 23.9 Å². The van der Waals surface area contributed by atoms with Crippen LogP contribution in [0.25, 0.3) is 10.9 Å². The Morgan fingerprint density at radius 1 is 1.25 bits per heavy atom. The van der Waals surface area contributed by atoms with Gasteiger partial charge in [-0.2, -0.15) is 0 Å². The second-order valence-electron chi connectivity index (χ2n) is 6.27. The molecule has 1 amide bonds. The topological polar surface area (TPSA) is 45.2 Å². The number of amides is 1. The molecule has 2 aromatic rings. The summed E-state index contributed by atoms with van der Waals surface area (Å²) in [4.78, 5) is 19.3. The third-order valence-corrected chi connectivity index (χ3v) is 5.04. The fraction of sp³-hybridized carbons (Fsp3) is 0.444. The van der Waals surface area contributed by atoms with Crippen molar-refractivity contribution in [1.29, 1.82) is 0 Å². The number of rotatable bonds is 5. The number of nitrogens with one attached hydrogen (secondary N) is 1. The van der Waals surface area contributed by atoms with Crippen molar-refractivity contribution in [1.82, 2.24) is 15.2 Å². The lowest BCUT2D eigenvalue weighted by atomic mass is 10.1. The van der Waals surface area contributed by atoms with Crippen molar-refractivity contribution in [3.05, 3.63) is 39.5 Å². The van der Waals surface area contributed by atoms with Crippen molar-refractivity contribution < 1.29 is 4.79 Å². The zero-order valence-corrected chi connectivity index (χ0v) is 15.3. The van der Waals surface area contributed by atoms with Crippen molar-refractivity contribution in [3.63, 3.8) is 0 Å². The first-order chi connectivity index (χ1) is 11.5. The normalized spacial score (nSPS) is 15.1. The zero-order valence-electron chi connectivity index (χ0n) is 13.7. The van der Waals surface area contributed by atoms with E-state index in [0.29, 0.717) is 27.8 Å². The number of hydrogen-bond acceptors (Lipinski definition) is 3. The predicted molar refractivity (Wildman–Crippen MR) is 99.1 cm³/mol. The van der Waals surface area contributed by atoms with Gasteiger partial charge in [-0.3, -0.25) is 4.79 Å². The molecule has 0 aliphatic carbocycles. The van der Waals surface area contributed by atoms with Crippen LogP contribution in [-0.2, 0) is 0 Å². The van der Waals surface area contributed by atoms with Crippen molar-refractivity contribution in [2.75, 3.05) is 26.2 Å². The summed E-state index contributed by atoms with van der Waals surface area (Å²) in [6.45, 7) is 5.94. The lowest BCUT2D eigenvalue weighted by Gasteiger charge is -2.14. The molecule has 1 fully saturated rings. The molecule has 0 saturated carbocycles. The summed E-state index contributed by atoms with van der Waals surface area (Å²) in [6, 6.07) is 5.24. The standard InChI is InChI=1S/C18H21Cl2N3O/c1-12-9-16-13(10-15(12)19)14(11-17(20)22-16)18(24)21-5-4-8-23-6-2-3-7-23/h9-11H,2-8H2,1H3,(H,21,24). The highest BCUT2D eigenvalue weighted by atomic mass is 35.5. The second kappa shape index (κ2) is 7.68. The fourth-order valence-corrected chi connectivity index (χ4v) is 3.48. The SMILES string of the molecule is Cc1cc2nc(Cl)cc(C(=O)NCCCN3CCCC3)c2cc1Cl. The Kier molecular flexibility index (Phi) is 5.59. The van der Waals surface area contributed by atoms with Crippen LogP contribution in [0.3, 0.4) is 0 Å². The first-order valence-corrected chi connectivity index (χ1v) is 9.07. The molecule has 0 spiro atoms. The minimum atomic E-state index is -0.134. The number of hydrogen-bond donors (Lipinski definition) is 1. The number of likely N-dealkylation sites (tertiary alicyclic amines) is 1. The maximum Gasteiger partial charge on any atom is 0.252 e. The number of pyridine rings is 1. The van der Waals surface area contributed by atoms with Crippen molar-refractivity contribution in [2.24, 2.45) is 0 Å². The molecule has 128 valence electrons. The zero-order chi connectivity index (χ0) is 17.1. The fourth-order valence-electron chi connectivity index (χ4n) is 3.11. The molecular formula is C18H21Cl2N3O. The number of benzene rings is 1. The van der Waals surface area contributed by atoms with Crippen LogP contribution in [0.2, 0.25) is 10.2 Å². The average Bonchev–Trinajstić information content (AvgIpc) is 3.05. The van der Waals surface area contributed by atoms with Crippen LogP contribution in [0.4, 0.5) is 0 Å². The summed E-state index contributed by atoms with van der Waals surface area (Å²) < 4.78 is 0. The van der Waals surface area contributed by atoms with Crippen LogP contribution in [0, 0.1) is 6.92 Å². The second-order valence-corrected chi connectivity index (χ2v) is 7.06. The van der Waals surface area contributed by atoms with Gasteiger partial charge in [0.15, 0.2) is 0 Å². The third-order valence-electron chi connectivity index (χ3n) is 4.44. The van der Waals surface area contributed by atoms with E-state index in [1.54, 1.807) is 12.1 Å². The Morgan fingerprint density at radius 3 is 2.75 bits per heavy atom. The molecule has 2 heterocycles. The van der Waals surface area contributed by atoms with Crippen molar-refractivity contribution in [2.45, 2.75) is 26.2 Å². The molecule has 1 N–H and O–H groups in total. The number of carbonyl (C=O) groups is 1. The van der Waals surface area contributed by atoms with Gasteiger partial charge in [0.2, 0.25) is 0 Å². The molecule has 24 heavy (non-hydrogen) atoms. The summed E-state index contributed by atoms with van der Waals surface area (Å²) in [5.74, 6) is -0.134. The highest BCUT2D eigenvalue weighted by Gasteiger charge is 2.15. The molecule has 1 aromatic carbocycles. The highest BCUT2D eigenvalue weighted by Crippen LogP contribution is 2.27. The van der Waals surface area contributed by atoms with E-state index >= 15 is 0 Å². The van der Waals surface area contributed by atoms with E-state index in [9.17, 15) is 4.79 Å². The molecule has 1 saturated heterocycles. The summed E-state index contributed by atoms with van der Waals surface area (Å²) in [7, 11) is 0. The number of carbonyl (C=O) groups excluding carboxylic acids is 1. The lowest BCUT2D eigenvalue weighted by Crippen LogP contribution is -2.28. The van der Waals surface area contributed by atoms with Crippen LogP contribution in [0.1, 0.15) is 35.2 Å². The summed E-state index contributed by atoms with van der Waals surface area (Å²) in [5, 5.41) is 4.64. The maximum absolute atomic E-state index is 12.5. The van der Waals surface area contributed by atoms with Gasteiger partial charge in [0.05, 0.1) is 11.1 Å². The van der Waals surface area contributed by atoms with Gasteiger partial charge in [0.1, 0.15) is 5.15 Å². The van der Waals surface area contributed by atoms with Crippen LogP contribution in [0.5, 0.6) is 0 Å². The first kappa shape index (κ1) is 17.5. The quantitative estimate of drug-likeness (QED) is 0.641. The molecule has 6 heteroatoms. The largest absolute Gasteiger partial charge is 0.352 e. The van der Waals surface area contributed by atoms with E-state index in [4.69, 9.17) is 23.2 Å². The van der Waals surface area contributed by atoms with Gasteiger partial charge >= 0.3 is 0 Å². The Morgan fingerprint density at radius 2 is 2.00 bits per heavy atom. The Bertz CT molecular complexity index is 758. The summed E-state index contributed by atoms with van der Waals surface area (Å²) in [6.07, 6.45) is 3.52. The summed E-state index contributed by atoms with van der Waals surface area (Å²) in [5.41, 5.74) is 2.12. The maximum atomic E-state index is 12.5. The van der Waals surface area contributed by atoms with Gasteiger partial charge in [-0.05, 0) is 69.6 Å². The van der Waals surface area contributed by atoms with Gasteiger partial charge in [0, 0.05) is 17.0 Å². The molecule has 3 rings (SSSR count). The molecule has 0 bridgehead atoms. The van der Waals surface area contributed by atoms with Gasteiger partial charge in [-0.1, -0.05) is 23.2 Å². The molecule has 0 atom stereocenters. The van der Waals surface area contributed by atoms with E-state index in [1.807, 2.05) is 13.0 Å². The lowest BCUT2D eigenvalue weighted by molar-refractivity contribution is 0.0953. The van der Waals surface area contributed by atoms with E-state index in [1.165, 1.54) is 25.9 Å². The number of halogens is 2. The van der Waals surface area contributed by atoms with Crippen molar-refractivity contribution in [3.8, 4) is 0 Å². The van der Waals surface area contributed by atoms with E-state index in [2.05, 4.69) is 15.2 Å². The molecule has 0 unspecified atom stereocenters. The van der Waals surface area contributed by atoms with Gasteiger partial charge in [-0.25, -0.2) is 4.98 Å². The Labute approximate surface area is 152 Å². The predicted octanol–water partition coefficient (Wildman–Crippen LogP) is 4.07. The van der Waals surface area contributed by atoms with Crippen LogP contribution >= 0.6 is 23.2 Å². The van der Waals surface area contributed by atoms with Gasteiger partial charge in [0.25, 0.3) is 5.91 Å². The summed E-state index contributed by atoms with van der Waals surface area (Å²) >= 11 is 12.3. The minimum absolute atomic E-state index is 0.134. The third kappa shape index (κ3) is 4.00. The first-order valence-electron chi connectivity index (χ1n) is 8.31. The van der Waals surface area contributed by atoms with Gasteiger partial charge < -0.3 is 10.2 Å². The molecular weight excluding hydrogens is 345 g/mol. The number of aromatic nitrogens is 1. The smallest absolute Gasteiger partial charge is 0.252 e. The average molecular weight is 366 g/mol. The minimum Gasteiger partial charge on any atom is -0.352 e. The highest BCUT2D eigenvalue weighted by molar-refractivity contribution is 6.33. The molecule has 0 radical (unpaired) electrons. The van der Waals surface area contributed by atoms with E-state index in [-0.39, 0.29) is 5.91 Å². The molecule has 4 nitrogen and oxygen atoms in total. The van der Waals surface area contributed by atoms with Gasteiger partial charge in [-0.15, -0.1) is 0 Å². The van der Waals surface area contributed by atoms with E-state index < -0.39 is 0 Å². The molecule has 1 aromatic heterocycles. The number of fused-ring (bicyclic) bond motifs is 1. The van der Waals surface area contributed by atoms with Crippen LogP contribution in [0.15, 0.2) is 18.2 Å².